The van der Waals surface area contributed by atoms with E-state index in [9.17, 15) is 19.5 Å². The van der Waals surface area contributed by atoms with Gasteiger partial charge in [-0.05, 0) is 63.7 Å². The van der Waals surface area contributed by atoms with Crippen molar-refractivity contribution in [3.05, 3.63) is 70.6 Å². The van der Waals surface area contributed by atoms with E-state index >= 15 is 0 Å². The van der Waals surface area contributed by atoms with Crippen LogP contribution in [0.2, 0.25) is 0 Å². The number of carboxylic acid groups (broad SMARTS) is 1. The molecule has 42 heavy (non-hydrogen) atoms. The van der Waals surface area contributed by atoms with Gasteiger partial charge in [0.25, 0.3) is 5.91 Å². The minimum Gasteiger partial charge on any atom is -0.488 e. The molecule has 0 bridgehead atoms. The zero-order valence-corrected chi connectivity index (χ0v) is 24.4. The molecule has 0 fully saturated rings. The number of aliphatic hydroxyl groups excluding tert-OH is 1. The van der Waals surface area contributed by atoms with E-state index < -0.39 is 18.0 Å². The maximum Gasteiger partial charge on any atom is 0.335 e. The van der Waals surface area contributed by atoms with E-state index in [4.69, 9.17) is 14.4 Å². The minimum atomic E-state index is -0.971. The van der Waals surface area contributed by atoms with Crippen molar-refractivity contribution in [2.24, 2.45) is 5.92 Å². The highest BCUT2D eigenvalue weighted by molar-refractivity contribution is 6.03. The van der Waals surface area contributed by atoms with Crippen molar-refractivity contribution in [1.29, 1.82) is 0 Å². The minimum absolute atomic E-state index is 0.0773. The van der Waals surface area contributed by atoms with Crippen molar-refractivity contribution >= 4 is 29.3 Å². The van der Waals surface area contributed by atoms with Gasteiger partial charge in [0, 0.05) is 31.2 Å². The quantitative estimate of drug-likeness (QED) is 0.294. The molecular formula is C30H37N5O7. The lowest BCUT2D eigenvalue weighted by Gasteiger charge is -2.38. The number of rotatable bonds is 9. The predicted molar refractivity (Wildman–Crippen MR) is 156 cm³/mol. The van der Waals surface area contributed by atoms with Crippen molar-refractivity contribution < 1.29 is 33.9 Å². The molecule has 4 rings (SSSR count). The lowest BCUT2D eigenvalue weighted by atomic mass is 9.99. The summed E-state index contributed by atoms with van der Waals surface area (Å²) in [5.41, 5.74) is 2.86. The van der Waals surface area contributed by atoms with Crippen LogP contribution >= 0.6 is 0 Å². The molecule has 0 saturated carbocycles. The van der Waals surface area contributed by atoms with Crippen LogP contribution in [0, 0.1) is 19.8 Å². The number of hydrogen-bond donors (Lipinski definition) is 4. The van der Waals surface area contributed by atoms with Crippen LogP contribution in [0.1, 0.15) is 51.6 Å². The fourth-order valence-electron chi connectivity index (χ4n) is 4.89. The first-order chi connectivity index (χ1) is 20.0. The number of carbonyl (C=O) groups is 3. The summed E-state index contributed by atoms with van der Waals surface area (Å²) in [5.74, 6) is -0.505. The van der Waals surface area contributed by atoms with E-state index in [1.54, 1.807) is 68.1 Å². The average Bonchev–Trinajstić information content (AvgIpc) is 3.27. The molecule has 3 aromatic rings. The van der Waals surface area contributed by atoms with E-state index in [2.05, 4.69) is 20.7 Å². The molecular weight excluding hydrogens is 542 g/mol. The number of aliphatic hydroxyl groups is 1. The van der Waals surface area contributed by atoms with Gasteiger partial charge < -0.3 is 35.0 Å². The third kappa shape index (κ3) is 7.07. The Labute approximate surface area is 244 Å². The zero-order chi connectivity index (χ0) is 30.6. The topological polar surface area (TPSA) is 157 Å². The summed E-state index contributed by atoms with van der Waals surface area (Å²) in [6, 6.07) is 10.7. The van der Waals surface area contributed by atoms with Crippen LogP contribution in [0.15, 0.2) is 47.0 Å². The van der Waals surface area contributed by atoms with Gasteiger partial charge in [0.2, 0.25) is 0 Å². The number of nitrogens with zero attached hydrogens (tertiary/aromatic N) is 3. The lowest BCUT2D eigenvalue weighted by molar-refractivity contribution is 0.0341. The number of fused-ring (bicyclic) bond motifs is 1. The van der Waals surface area contributed by atoms with Crippen molar-refractivity contribution in [3.8, 4) is 5.75 Å². The number of carboxylic acids is 1. The highest BCUT2D eigenvalue weighted by atomic mass is 16.5. The standard InChI is InChI=1S/C30H37N5O7/c1-17-13-35(18(2)16-36)28(37)24-12-23(31-30(40)32-27-19(3)33-42-20(27)4)10-11-25(24)41-26(17)15-34(5)14-21-6-8-22(9-7-21)29(38)39/h6-12,17-18,26,36H,13-16H2,1-5H3,(H,38,39)(H2,31,32,40)/t17-,18-,26-/m0/s1. The number of aryl methyl sites for hydroxylation is 2. The number of urea groups is 1. The molecule has 0 saturated heterocycles. The molecule has 12 heteroatoms. The third-order valence-electron chi connectivity index (χ3n) is 7.34. The third-order valence-corrected chi connectivity index (χ3v) is 7.34. The van der Waals surface area contributed by atoms with Crippen LogP contribution in [-0.2, 0) is 6.54 Å². The molecule has 0 spiro atoms. The SMILES string of the molecule is Cc1noc(C)c1NC(=O)Nc1ccc2c(c1)C(=O)N([C@@H](C)CO)C[C@H](C)[C@H](CN(C)Cc1ccc(C(=O)O)cc1)O2. The summed E-state index contributed by atoms with van der Waals surface area (Å²) >= 11 is 0. The monoisotopic (exact) mass is 579 g/mol. The second-order valence-corrected chi connectivity index (χ2v) is 10.8. The van der Waals surface area contributed by atoms with Crippen molar-refractivity contribution in [2.45, 2.75) is 46.4 Å². The van der Waals surface area contributed by atoms with Gasteiger partial charge in [0.05, 0.1) is 23.8 Å². The summed E-state index contributed by atoms with van der Waals surface area (Å²) in [6.07, 6.45) is -0.310. The van der Waals surface area contributed by atoms with Crippen LogP contribution in [0.4, 0.5) is 16.2 Å². The number of hydrogen-bond acceptors (Lipinski definition) is 8. The van der Waals surface area contributed by atoms with Crippen LogP contribution < -0.4 is 15.4 Å². The van der Waals surface area contributed by atoms with Gasteiger partial charge in [-0.2, -0.15) is 0 Å². The molecule has 3 atom stereocenters. The lowest BCUT2D eigenvalue weighted by Crippen LogP contribution is -2.49. The van der Waals surface area contributed by atoms with Gasteiger partial charge in [0.1, 0.15) is 23.2 Å². The van der Waals surface area contributed by atoms with Crippen LogP contribution in [0.5, 0.6) is 5.75 Å². The number of ether oxygens (including phenoxy) is 1. The fourth-order valence-corrected chi connectivity index (χ4v) is 4.89. The molecule has 4 N–H and O–H groups in total. The summed E-state index contributed by atoms with van der Waals surface area (Å²) in [6.45, 7) is 8.44. The number of aromatic carboxylic acids is 1. The normalized spacial score (nSPS) is 17.6. The molecule has 1 aliphatic heterocycles. The predicted octanol–water partition coefficient (Wildman–Crippen LogP) is 3.99. The molecule has 12 nitrogen and oxygen atoms in total. The smallest absolute Gasteiger partial charge is 0.335 e. The molecule has 0 unspecified atom stereocenters. The van der Waals surface area contributed by atoms with Crippen LogP contribution in [-0.4, -0.2) is 82.0 Å². The number of amides is 3. The van der Waals surface area contributed by atoms with Gasteiger partial charge in [-0.3, -0.25) is 9.69 Å². The fraction of sp³-hybridized carbons (Fsp3) is 0.400. The summed E-state index contributed by atoms with van der Waals surface area (Å²) in [7, 11) is 1.95. The first-order valence-corrected chi connectivity index (χ1v) is 13.7. The second-order valence-electron chi connectivity index (χ2n) is 10.8. The molecule has 0 aliphatic carbocycles. The highest BCUT2D eigenvalue weighted by Gasteiger charge is 2.33. The van der Waals surface area contributed by atoms with E-state index in [1.807, 2.05) is 14.0 Å². The number of likely N-dealkylation sites (N-methyl/N-ethyl adjacent to an activating group) is 1. The Kier molecular flexibility index (Phi) is 9.48. The van der Waals surface area contributed by atoms with Crippen LogP contribution in [0.3, 0.4) is 0 Å². The number of anilines is 2. The Hall–Kier alpha value is -4.42. The van der Waals surface area contributed by atoms with Gasteiger partial charge in [-0.1, -0.05) is 24.2 Å². The van der Waals surface area contributed by atoms with Gasteiger partial charge in [-0.15, -0.1) is 0 Å². The van der Waals surface area contributed by atoms with Crippen molar-refractivity contribution in [3.63, 3.8) is 0 Å². The molecule has 1 aromatic heterocycles. The molecule has 3 amide bonds. The van der Waals surface area contributed by atoms with Gasteiger partial charge in [0.15, 0.2) is 5.76 Å². The number of benzene rings is 2. The molecule has 2 aromatic carbocycles. The average molecular weight is 580 g/mol. The summed E-state index contributed by atoms with van der Waals surface area (Å²) in [4.78, 5) is 41.3. The Bertz CT molecular complexity index is 1420. The highest BCUT2D eigenvalue weighted by Crippen LogP contribution is 2.31. The van der Waals surface area contributed by atoms with E-state index in [0.717, 1.165) is 5.56 Å². The Balaban J connectivity index is 1.55. The van der Waals surface area contributed by atoms with Crippen molar-refractivity contribution in [1.82, 2.24) is 15.0 Å². The first kappa shape index (κ1) is 30.5. The molecule has 2 heterocycles. The van der Waals surface area contributed by atoms with Crippen molar-refractivity contribution in [2.75, 3.05) is 37.4 Å². The van der Waals surface area contributed by atoms with Gasteiger partial charge >= 0.3 is 12.0 Å². The Morgan fingerprint density at radius 1 is 1.17 bits per heavy atom. The maximum absolute atomic E-state index is 13.7. The number of carbonyl (C=O) groups excluding carboxylic acids is 2. The molecule has 1 aliphatic rings. The summed E-state index contributed by atoms with van der Waals surface area (Å²) < 4.78 is 11.5. The van der Waals surface area contributed by atoms with Gasteiger partial charge in [-0.25, -0.2) is 9.59 Å². The number of aromatic nitrogens is 1. The Morgan fingerprint density at radius 3 is 2.50 bits per heavy atom. The van der Waals surface area contributed by atoms with Crippen LogP contribution in [0.25, 0.3) is 0 Å². The Morgan fingerprint density at radius 2 is 1.88 bits per heavy atom. The van der Waals surface area contributed by atoms with E-state index in [0.29, 0.717) is 48.2 Å². The number of nitrogens with one attached hydrogen (secondary N) is 2. The second kappa shape index (κ2) is 13.0. The zero-order valence-electron chi connectivity index (χ0n) is 24.4. The molecule has 0 radical (unpaired) electrons. The largest absolute Gasteiger partial charge is 0.488 e. The first-order valence-electron chi connectivity index (χ1n) is 13.7. The van der Waals surface area contributed by atoms with E-state index in [-0.39, 0.29) is 35.7 Å². The van der Waals surface area contributed by atoms with E-state index in [1.165, 1.54) is 0 Å². The maximum atomic E-state index is 13.7. The summed E-state index contributed by atoms with van der Waals surface area (Å²) in [5, 5.41) is 28.4. The molecule has 224 valence electrons.